The number of hydrogen-bond acceptors (Lipinski definition) is 5. The molecule has 3 rings (SSSR count). The van der Waals surface area contributed by atoms with Crippen molar-refractivity contribution in [1.29, 1.82) is 0 Å². The number of ether oxygens (including phenoxy) is 3. The molecule has 0 aliphatic carbocycles. The van der Waals surface area contributed by atoms with Crippen molar-refractivity contribution in [3.63, 3.8) is 0 Å². The number of aryl methyl sites for hydroxylation is 1. The summed E-state index contributed by atoms with van der Waals surface area (Å²) in [4.78, 5) is 30.5. The summed E-state index contributed by atoms with van der Waals surface area (Å²) in [6.07, 6.45) is 0. The number of nitrogens with zero attached hydrogens (tertiary/aromatic N) is 1. The monoisotopic (exact) mass is 484 g/mol. The second kappa shape index (κ2) is 11.6. The molecule has 180 valence electrons. The number of carbonyl (C=O) groups is 2. The predicted molar refractivity (Wildman–Crippen MR) is 130 cm³/mol. The first-order valence-electron chi connectivity index (χ1n) is 11.0. The van der Waals surface area contributed by atoms with Gasteiger partial charge in [0.15, 0.2) is 6.61 Å². The highest BCUT2D eigenvalue weighted by atomic mass is 35.5. The number of methoxy groups -OCH3 is 1. The number of aromatic amines is 1. The molecule has 0 saturated heterocycles. The van der Waals surface area contributed by atoms with Crippen molar-refractivity contribution in [1.82, 2.24) is 9.88 Å². The van der Waals surface area contributed by atoms with Crippen LogP contribution in [0.5, 0.6) is 11.5 Å². The van der Waals surface area contributed by atoms with Gasteiger partial charge in [0.25, 0.3) is 5.91 Å². The van der Waals surface area contributed by atoms with E-state index in [1.54, 1.807) is 43.2 Å². The molecular formula is C26H29ClN2O5. The van der Waals surface area contributed by atoms with Crippen LogP contribution >= 0.6 is 11.6 Å². The maximum Gasteiger partial charge on any atom is 0.340 e. The van der Waals surface area contributed by atoms with Gasteiger partial charge in [0.05, 0.1) is 25.8 Å². The molecule has 1 amide bonds. The van der Waals surface area contributed by atoms with Crippen molar-refractivity contribution in [2.75, 3.05) is 20.3 Å². The Labute approximate surface area is 204 Å². The molecule has 0 aliphatic heterocycles. The van der Waals surface area contributed by atoms with Crippen LogP contribution in [0, 0.1) is 13.8 Å². The van der Waals surface area contributed by atoms with E-state index in [4.69, 9.17) is 25.8 Å². The fourth-order valence-electron chi connectivity index (χ4n) is 3.62. The van der Waals surface area contributed by atoms with Gasteiger partial charge in [-0.2, -0.15) is 0 Å². The smallest absolute Gasteiger partial charge is 0.340 e. The number of nitrogens with one attached hydrogen (secondary N) is 1. The summed E-state index contributed by atoms with van der Waals surface area (Å²) in [5.74, 6) is 0.718. The molecule has 0 saturated carbocycles. The average molecular weight is 485 g/mol. The van der Waals surface area contributed by atoms with Crippen molar-refractivity contribution in [3.8, 4) is 11.5 Å². The maximum atomic E-state index is 13.2. The molecular weight excluding hydrogens is 456 g/mol. The number of H-pyrrole nitrogens is 1. The summed E-state index contributed by atoms with van der Waals surface area (Å²) in [6.45, 7) is 6.24. The Kier molecular flexibility index (Phi) is 8.60. The van der Waals surface area contributed by atoms with Gasteiger partial charge >= 0.3 is 5.97 Å². The second-order valence-corrected chi connectivity index (χ2v) is 8.23. The van der Waals surface area contributed by atoms with Gasteiger partial charge in [0.1, 0.15) is 11.5 Å². The van der Waals surface area contributed by atoms with Crippen molar-refractivity contribution < 1.29 is 23.8 Å². The highest BCUT2D eigenvalue weighted by Gasteiger charge is 2.23. The van der Waals surface area contributed by atoms with Crippen molar-refractivity contribution in [2.45, 2.75) is 33.9 Å². The van der Waals surface area contributed by atoms with Crippen LogP contribution < -0.4 is 9.47 Å². The molecule has 0 radical (unpaired) electrons. The van der Waals surface area contributed by atoms with Gasteiger partial charge in [-0.3, -0.25) is 4.79 Å². The Hall–Kier alpha value is -3.45. The van der Waals surface area contributed by atoms with Crippen LogP contribution in [0.25, 0.3) is 0 Å². The number of esters is 1. The largest absolute Gasteiger partial charge is 0.497 e. The van der Waals surface area contributed by atoms with Crippen molar-refractivity contribution in [3.05, 3.63) is 81.6 Å². The lowest BCUT2D eigenvalue weighted by Gasteiger charge is -2.23. The van der Waals surface area contributed by atoms with Gasteiger partial charge in [0.2, 0.25) is 0 Å². The van der Waals surface area contributed by atoms with E-state index < -0.39 is 0 Å². The number of rotatable bonds is 10. The lowest BCUT2D eigenvalue weighted by atomic mass is 10.1. The lowest BCUT2D eigenvalue weighted by Crippen LogP contribution is -2.34. The molecule has 2 aromatic carbocycles. The first kappa shape index (κ1) is 25.2. The van der Waals surface area contributed by atoms with E-state index in [0.717, 1.165) is 22.6 Å². The normalized spacial score (nSPS) is 10.6. The first-order chi connectivity index (χ1) is 16.3. The Balaban J connectivity index is 1.82. The zero-order valence-electron chi connectivity index (χ0n) is 19.8. The zero-order chi connectivity index (χ0) is 24.7. The van der Waals surface area contributed by atoms with Crippen LogP contribution in [0.3, 0.4) is 0 Å². The number of benzene rings is 2. The Bertz CT molecular complexity index is 1120. The SMILES string of the molecule is CCOC(=O)c1c(C)[nH]c(CN(Cc2ccc(OC)cc2)C(=O)COc2ccc(Cl)cc2)c1C. The van der Waals surface area contributed by atoms with E-state index in [2.05, 4.69) is 4.98 Å². The Morgan fingerprint density at radius 1 is 0.971 bits per heavy atom. The van der Waals surface area contributed by atoms with Crippen molar-refractivity contribution in [2.24, 2.45) is 0 Å². The minimum Gasteiger partial charge on any atom is -0.497 e. The summed E-state index contributed by atoms with van der Waals surface area (Å²) >= 11 is 5.92. The molecule has 0 bridgehead atoms. The molecule has 1 aromatic heterocycles. The molecule has 0 unspecified atom stereocenters. The Morgan fingerprint density at radius 3 is 2.24 bits per heavy atom. The number of aromatic nitrogens is 1. The van der Waals surface area contributed by atoms with Gasteiger partial charge in [-0.1, -0.05) is 23.7 Å². The van der Waals surface area contributed by atoms with Crippen LogP contribution in [0.4, 0.5) is 0 Å². The van der Waals surface area contributed by atoms with E-state index >= 15 is 0 Å². The van der Waals surface area contributed by atoms with Crippen LogP contribution in [-0.2, 0) is 22.6 Å². The van der Waals surface area contributed by atoms with Crippen LogP contribution in [0.15, 0.2) is 48.5 Å². The van der Waals surface area contributed by atoms with Crippen LogP contribution in [-0.4, -0.2) is 42.1 Å². The van der Waals surface area contributed by atoms with Crippen LogP contribution in [0.2, 0.25) is 5.02 Å². The van der Waals surface area contributed by atoms with E-state index in [1.807, 2.05) is 38.1 Å². The highest BCUT2D eigenvalue weighted by Crippen LogP contribution is 2.22. The third-order valence-corrected chi connectivity index (χ3v) is 5.68. The summed E-state index contributed by atoms with van der Waals surface area (Å²) in [5, 5.41) is 0.592. The summed E-state index contributed by atoms with van der Waals surface area (Å²) in [5.41, 5.74) is 3.69. The second-order valence-electron chi connectivity index (χ2n) is 7.79. The van der Waals surface area contributed by atoms with Crippen molar-refractivity contribution >= 4 is 23.5 Å². The third-order valence-electron chi connectivity index (χ3n) is 5.43. The number of amides is 1. The molecule has 1 heterocycles. The molecule has 3 aromatic rings. The standard InChI is InChI=1S/C26H29ClN2O5/c1-5-33-26(31)25-17(2)23(28-18(25)3)15-29(14-19-6-10-21(32-4)11-7-19)24(30)16-34-22-12-8-20(27)9-13-22/h6-13,28H,5,14-16H2,1-4H3. The summed E-state index contributed by atoms with van der Waals surface area (Å²) < 4.78 is 16.1. The minimum atomic E-state index is -0.376. The van der Waals surface area contributed by atoms with Gasteiger partial charge < -0.3 is 24.1 Å². The fraction of sp³-hybridized carbons (Fsp3) is 0.308. The molecule has 34 heavy (non-hydrogen) atoms. The van der Waals surface area contributed by atoms with E-state index in [0.29, 0.717) is 35.2 Å². The topological polar surface area (TPSA) is 80.9 Å². The quantitative estimate of drug-likeness (QED) is 0.406. The molecule has 0 aliphatic rings. The van der Waals surface area contributed by atoms with E-state index in [-0.39, 0.29) is 25.0 Å². The van der Waals surface area contributed by atoms with Gasteiger partial charge in [-0.15, -0.1) is 0 Å². The van der Waals surface area contributed by atoms with E-state index in [9.17, 15) is 9.59 Å². The maximum absolute atomic E-state index is 13.2. The molecule has 8 heteroatoms. The van der Waals surface area contributed by atoms with Gasteiger partial charge in [-0.25, -0.2) is 4.79 Å². The fourth-order valence-corrected chi connectivity index (χ4v) is 3.75. The first-order valence-corrected chi connectivity index (χ1v) is 11.3. The third kappa shape index (κ3) is 6.32. The highest BCUT2D eigenvalue weighted by molar-refractivity contribution is 6.30. The molecule has 0 atom stereocenters. The van der Waals surface area contributed by atoms with Crippen LogP contribution in [0.1, 0.15) is 39.8 Å². The molecule has 0 spiro atoms. The summed E-state index contributed by atoms with van der Waals surface area (Å²) in [7, 11) is 1.61. The number of carbonyl (C=O) groups excluding carboxylic acids is 2. The van der Waals surface area contributed by atoms with E-state index in [1.165, 1.54) is 0 Å². The van der Waals surface area contributed by atoms with Gasteiger partial charge in [-0.05, 0) is 68.3 Å². The minimum absolute atomic E-state index is 0.138. The average Bonchev–Trinajstić information content (AvgIpc) is 3.11. The predicted octanol–water partition coefficient (Wildman–Crippen LogP) is 5.08. The zero-order valence-corrected chi connectivity index (χ0v) is 20.6. The summed E-state index contributed by atoms with van der Waals surface area (Å²) in [6, 6.07) is 14.4. The molecule has 1 N–H and O–H groups in total. The molecule has 0 fully saturated rings. The lowest BCUT2D eigenvalue weighted by molar-refractivity contribution is -0.134. The van der Waals surface area contributed by atoms with Gasteiger partial charge in [0, 0.05) is 23.0 Å². The number of halogens is 1. The molecule has 7 nitrogen and oxygen atoms in total. The number of hydrogen-bond donors (Lipinski definition) is 1. The Morgan fingerprint density at radius 2 is 1.62 bits per heavy atom.